The summed E-state index contributed by atoms with van der Waals surface area (Å²) in [5.74, 6) is 0.733. The Bertz CT molecular complexity index is 886. The number of carbonyl (C=O) groups excluding carboxylic acids is 2. The predicted octanol–water partition coefficient (Wildman–Crippen LogP) is 4.12. The molecule has 2 aromatic rings. The van der Waals surface area contributed by atoms with Crippen LogP contribution in [0.2, 0.25) is 0 Å². The molecule has 1 heterocycles. The largest absolute Gasteiger partial charge is 0.454 e. The molecule has 0 fully saturated rings. The summed E-state index contributed by atoms with van der Waals surface area (Å²) in [6.07, 6.45) is 1.96. The molecule has 3 rings (SSSR count). The average molecular weight is 381 g/mol. The van der Waals surface area contributed by atoms with Gasteiger partial charge in [0.05, 0.1) is 0 Å². The van der Waals surface area contributed by atoms with Crippen molar-refractivity contribution in [2.24, 2.45) is 0 Å². The van der Waals surface area contributed by atoms with Gasteiger partial charge in [-0.05, 0) is 54.3 Å². The van der Waals surface area contributed by atoms with E-state index in [2.05, 4.69) is 19.2 Å². The van der Waals surface area contributed by atoms with Crippen molar-refractivity contribution in [3.63, 3.8) is 0 Å². The molecule has 1 N–H and O–H groups in total. The number of ether oxygens (including phenoxy) is 3. The van der Waals surface area contributed by atoms with Crippen LogP contribution in [0.1, 0.15) is 37.8 Å². The van der Waals surface area contributed by atoms with Crippen LogP contribution in [0, 0.1) is 0 Å². The summed E-state index contributed by atoms with van der Waals surface area (Å²) < 4.78 is 15.7. The number of fused-ring (bicyclic) bond motifs is 1. The van der Waals surface area contributed by atoms with Gasteiger partial charge >= 0.3 is 5.97 Å². The lowest BCUT2D eigenvalue weighted by molar-refractivity contribution is -0.148. The van der Waals surface area contributed by atoms with Crippen molar-refractivity contribution >= 4 is 23.6 Å². The number of hydrogen-bond donors (Lipinski definition) is 1. The molecule has 1 aliphatic rings. The molecule has 28 heavy (non-hydrogen) atoms. The highest BCUT2D eigenvalue weighted by Crippen LogP contribution is 2.32. The predicted molar refractivity (Wildman–Crippen MR) is 106 cm³/mol. The Hall–Kier alpha value is -3.28. The first-order chi connectivity index (χ1) is 13.4. The van der Waals surface area contributed by atoms with Gasteiger partial charge in [0.25, 0.3) is 5.91 Å². The molecule has 0 spiro atoms. The zero-order valence-corrected chi connectivity index (χ0v) is 16.1. The SMILES string of the molecule is CC(C)c1ccc(NC(=O)[C@H](C)OC(=O)/C=C\c2ccc3c(c2)OCO3)cc1. The van der Waals surface area contributed by atoms with Crippen LogP contribution in [-0.2, 0) is 14.3 Å². The maximum atomic E-state index is 12.2. The highest BCUT2D eigenvalue weighted by molar-refractivity contribution is 5.96. The Labute approximate surface area is 164 Å². The second-order valence-electron chi connectivity index (χ2n) is 6.79. The van der Waals surface area contributed by atoms with Gasteiger partial charge < -0.3 is 19.5 Å². The minimum atomic E-state index is -0.918. The zero-order chi connectivity index (χ0) is 20.1. The minimum absolute atomic E-state index is 0.192. The van der Waals surface area contributed by atoms with Gasteiger partial charge in [0.1, 0.15) is 0 Å². The van der Waals surface area contributed by atoms with Gasteiger partial charge in [-0.25, -0.2) is 4.79 Å². The van der Waals surface area contributed by atoms with E-state index in [0.29, 0.717) is 23.1 Å². The van der Waals surface area contributed by atoms with Crippen LogP contribution < -0.4 is 14.8 Å². The van der Waals surface area contributed by atoms with Crippen molar-refractivity contribution in [3.8, 4) is 11.5 Å². The molecular weight excluding hydrogens is 358 g/mol. The van der Waals surface area contributed by atoms with E-state index >= 15 is 0 Å². The summed E-state index contributed by atoms with van der Waals surface area (Å²) in [6, 6.07) is 12.9. The van der Waals surface area contributed by atoms with Gasteiger partial charge in [0.15, 0.2) is 17.6 Å². The quantitative estimate of drug-likeness (QED) is 0.602. The molecule has 1 amide bonds. The van der Waals surface area contributed by atoms with Crippen molar-refractivity contribution in [1.29, 1.82) is 0 Å². The summed E-state index contributed by atoms with van der Waals surface area (Å²) in [4.78, 5) is 24.2. The van der Waals surface area contributed by atoms with E-state index in [-0.39, 0.29) is 12.7 Å². The fraction of sp³-hybridized carbons (Fsp3) is 0.273. The molecule has 6 nitrogen and oxygen atoms in total. The van der Waals surface area contributed by atoms with Crippen molar-refractivity contribution in [2.75, 3.05) is 12.1 Å². The number of rotatable bonds is 6. The third-order valence-electron chi connectivity index (χ3n) is 4.32. The molecule has 2 aromatic carbocycles. The Morgan fingerprint density at radius 3 is 2.46 bits per heavy atom. The molecule has 146 valence electrons. The molecule has 6 heteroatoms. The van der Waals surface area contributed by atoms with Gasteiger partial charge in [-0.1, -0.05) is 32.0 Å². The molecule has 0 radical (unpaired) electrons. The first kappa shape index (κ1) is 19.5. The number of esters is 1. The van der Waals surface area contributed by atoms with E-state index in [9.17, 15) is 9.59 Å². The lowest BCUT2D eigenvalue weighted by Gasteiger charge is -2.13. The van der Waals surface area contributed by atoms with Crippen LogP contribution >= 0.6 is 0 Å². The minimum Gasteiger partial charge on any atom is -0.454 e. The molecule has 1 atom stereocenters. The van der Waals surface area contributed by atoms with Crippen molar-refractivity contribution in [2.45, 2.75) is 32.8 Å². The fourth-order valence-corrected chi connectivity index (χ4v) is 2.64. The lowest BCUT2D eigenvalue weighted by Crippen LogP contribution is -2.29. The van der Waals surface area contributed by atoms with Crippen LogP contribution in [0.3, 0.4) is 0 Å². The Balaban J connectivity index is 1.52. The van der Waals surface area contributed by atoms with Gasteiger partial charge in [0, 0.05) is 11.8 Å². The molecule has 0 bridgehead atoms. The van der Waals surface area contributed by atoms with Crippen molar-refractivity contribution < 1.29 is 23.8 Å². The highest BCUT2D eigenvalue weighted by Gasteiger charge is 2.17. The maximum Gasteiger partial charge on any atom is 0.331 e. The van der Waals surface area contributed by atoms with Crippen LogP contribution in [-0.4, -0.2) is 24.8 Å². The number of anilines is 1. The second-order valence-corrected chi connectivity index (χ2v) is 6.79. The van der Waals surface area contributed by atoms with Gasteiger partial charge in [-0.15, -0.1) is 0 Å². The number of hydrogen-bond acceptors (Lipinski definition) is 5. The van der Waals surface area contributed by atoms with Gasteiger partial charge in [0.2, 0.25) is 6.79 Å². The van der Waals surface area contributed by atoms with Crippen LogP contribution in [0.4, 0.5) is 5.69 Å². The first-order valence-corrected chi connectivity index (χ1v) is 9.11. The Morgan fingerprint density at radius 2 is 1.75 bits per heavy atom. The number of benzene rings is 2. The van der Waals surface area contributed by atoms with Crippen molar-refractivity contribution in [3.05, 3.63) is 59.7 Å². The fourth-order valence-electron chi connectivity index (χ4n) is 2.64. The van der Waals surface area contributed by atoms with Gasteiger partial charge in [-0.2, -0.15) is 0 Å². The van der Waals surface area contributed by atoms with Crippen LogP contribution in [0.5, 0.6) is 11.5 Å². The van der Waals surface area contributed by atoms with Crippen LogP contribution in [0.25, 0.3) is 6.08 Å². The smallest absolute Gasteiger partial charge is 0.331 e. The molecule has 0 aromatic heterocycles. The Kier molecular flexibility index (Phi) is 5.99. The second kappa shape index (κ2) is 8.61. The third kappa shape index (κ3) is 4.91. The maximum absolute atomic E-state index is 12.2. The van der Waals surface area contributed by atoms with E-state index in [1.165, 1.54) is 18.6 Å². The van der Waals surface area contributed by atoms with E-state index in [4.69, 9.17) is 14.2 Å². The van der Waals surface area contributed by atoms with E-state index < -0.39 is 12.1 Å². The molecular formula is C22H23NO5. The monoisotopic (exact) mass is 381 g/mol. The molecule has 0 aliphatic carbocycles. The summed E-state index contributed by atoms with van der Waals surface area (Å²) >= 11 is 0. The van der Waals surface area contributed by atoms with Crippen LogP contribution in [0.15, 0.2) is 48.5 Å². The summed E-state index contributed by atoms with van der Waals surface area (Å²) in [5, 5.41) is 2.74. The van der Waals surface area contributed by atoms with E-state index in [1.54, 1.807) is 24.3 Å². The van der Waals surface area contributed by atoms with Crippen molar-refractivity contribution in [1.82, 2.24) is 0 Å². The standard InChI is InChI=1S/C22H23NO5/c1-14(2)17-6-8-18(9-7-17)23-22(25)15(3)28-21(24)11-5-16-4-10-19-20(12-16)27-13-26-19/h4-12,14-15H,13H2,1-3H3,(H,23,25)/b11-5-/t15-/m0/s1. The molecule has 0 saturated carbocycles. The summed E-state index contributed by atoms with van der Waals surface area (Å²) in [7, 11) is 0. The van der Waals surface area contributed by atoms with E-state index in [0.717, 1.165) is 5.56 Å². The average Bonchev–Trinajstić information content (AvgIpc) is 3.14. The van der Waals surface area contributed by atoms with Gasteiger partial charge in [-0.3, -0.25) is 4.79 Å². The first-order valence-electron chi connectivity index (χ1n) is 9.11. The molecule has 0 unspecified atom stereocenters. The topological polar surface area (TPSA) is 73.9 Å². The molecule has 1 aliphatic heterocycles. The lowest BCUT2D eigenvalue weighted by atomic mass is 10.0. The molecule has 0 saturated heterocycles. The summed E-state index contributed by atoms with van der Waals surface area (Å²) in [6.45, 7) is 5.93. The zero-order valence-electron chi connectivity index (χ0n) is 16.1. The normalized spacial score (nSPS) is 13.6. The highest BCUT2D eigenvalue weighted by atomic mass is 16.7. The summed E-state index contributed by atoms with van der Waals surface area (Å²) in [5.41, 5.74) is 2.61. The Morgan fingerprint density at radius 1 is 1.04 bits per heavy atom. The number of nitrogens with one attached hydrogen (secondary N) is 1. The number of amides is 1. The number of carbonyl (C=O) groups is 2. The third-order valence-corrected chi connectivity index (χ3v) is 4.32. The van der Waals surface area contributed by atoms with E-state index in [1.807, 2.05) is 24.3 Å².